The number of likely N-dealkylation sites (N-methyl/N-ethyl adjacent to an activating group) is 1. The second kappa shape index (κ2) is 6.80. The Morgan fingerprint density at radius 3 is 2.70 bits per heavy atom. The predicted octanol–water partition coefficient (Wildman–Crippen LogP) is 1.72. The number of nitrogens with zero attached hydrogens (tertiary/aromatic N) is 3. The zero-order valence-electron chi connectivity index (χ0n) is 14.7. The van der Waals surface area contributed by atoms with Crippen molar-refractivity contribution in [3.05, 3.63) is 0 Å². The van der Waals surface area contributed by atoms with E-state index in [0.29, 0.717) is 24.2 Å². The summed E-state index contributed by atoms with van der Waals surface area (Å²) in [5, 5.41) is 0. The summed E-state index contributed by atoms with van der Waals surface area (Å²) in [6.45, 7) is 3.44. The summed E-state index contributed by atoms with van der Waals surface area (Å²) in [4.78, 5) is 31.1. The van der Waals surface area contributed by atoms with E-state index in [1.807, 2.05) is 0 Å². The minimum absolute atomic E-state index is 0.0156. The van der Waals surface area contributed by atoms with Crippen molar-refractivity contribution in [3.8, 4) is 0 Å². The van der Waals surface area contributed by atoms with E-state index in [0.717, 1.165) is 58.3 Å². The van der Waals surface area contributed by atoms with E-state index in [1.165, 1.54) is 12.8 Å². The molecule has 130 valence electrons. The molecule has 2 aliphatic heterocycles. The Morgan fingerprint density at radius 2 is 2.00 bits per heavy atom. The number of amides is 2. The lowest BCUT2D eigenvalue weighted by molar-refractivity contribution is -0.132. The van der Waals surface area contributed by atoms with E-state index in [-0.39, 0.29) is 5.54 Å². The van der Waals surface area contributed by atoms with E-state index < -0.39 is 0 Å². The van der Waals surface area contributed by atoms with Gasteiger partial charge in [0.2, 0.25) is 11.8 Å². The second-order valence-corrected chi connectivity index (χ2v) is 7.95. The van der Waals surface area contributed by atoms with Crippen LogP contribution < -0.4 is 0 Å². The van der Waals surface area contributed by atoms with Gasteiger partial charge in [0.1, 0.15) is 0 Å². The van der Waals surface area contributed by atoms with Crippen molar-refractivity contribution in [1.82, 2.24) is 14.7 Å². The van der Waals surface area contributed by atoms with Crippen molar-refractivity contribution in [1.29, 1.82) is 0 Å². The zero-order chi connectivity index (χ0) is 16.4. The van der Waals surface area contributed by atoms with Crippen LogP contribution in [-0.2, 0) is 9.59 Å². The molecule has 0 N–H and O–H groups in total. The zero-order valence-corrected chi connectivity index (χ0v) is 14.7. The molecule has 0 aromatic rings. The molecule has 0 aromatic carbocycles. The SMILES string of the molecule is CN(C)CCN1C(=O)CC[C@]12CCCN(C(=O)CC1CC1)CC2. The van der Waals surface area contributed by atoms with E-state index >= 15 is 0 Å². The van der Waals surface area contributed by atoms with E-state index in [9.17, 15) is 9.59 Å². The van der Waals surface area contributed by atoms with Crippen LogP contribution in [-0.4, -0.2) is 72.3 Å². The Kier molecular flexibility index (Phi) is 4.95. The molecule has 2 amide bonds. The lowest BCUT2D eigenvalue weighted by Gasteiger charge is -2.38. The molecule has 3 fully saturated rings. The van der Waals surface area contributed by atoms with Gasteiger partial charge in [-0.2, -0.15) is 0 Å². The molecule has 2 saturated heterocycles. The Balaban J connectivity index is 1.62. The standard InChI is InChI=1S/C18H31N3O2/c1-19(2)12-13-21-16(22)6-8-18(21)7-3-10-20(11-9-18)17(23)14-15-4-5-15/h15H,3-14H2,1-2H3/t18-/m0/s1. The van der Waals surface area contributed by atoms with Crippen molar-refractivity contribution in [2.75, 3.05) is 40.3 Å². The molecule has 0 unspecified atom stereocenters. The highest BCUT2D eigenvalue weighted by Gasteiger charge is 2.45. The quantitative estimate of drug-likeness (QED) is 0.774. The van der Waals surface area contributed by atoms with Crippen LogP contribution >= 0.6 is 0 Å². The fraction of sp³-hybridized carbons (Fsp3) is 0.889. The van der Waals surface area contributed by atoms with Crippen LogP contribution in [0.25, 0.3) is 0 Å². The van der Waals surface area contributed by atoms with Crippen LogP contribution in [0.15, 0.2) is 0 Å². The molecule has 5 nitrogen and oxygen atoms in total. The van der Waals surface area contributed by atoms with Gasteiger partial charge in [0.15, 0.2) is 0 Å². The molecule has 1 saturated carbocycles. The smallest absolute Gasteiger partial charge is 0.223 e. The van der Waals surface area contributed by atoms with Crippen molar-refractivity contribution >= 4 is 11.8 Å². The Labute approximate surface area is 140 Å². The molecular weight excluding hydrogens is 290 g/mol. The average molecular weight is 321 g/mol. The first kappa shape index (κ1) is 16.7. The molecule has 1 spiro atoms. The third-order valence-corrected chi connectivity index (χ3v) is 5.88. The number of likely N-dealkylation sites (tertiary alicyclic amines) is 2. The van der Waals surface area contributed by atoms with Gasteiger partial charge in [0.25, 0.3) is 0 Å². The second-order valence-electron chi connectivity index (χ2n) is 7.95. The Morgan fingerprint density at radius 1 is 1.22 bits per heavy atom. The summed E-state index contributed by atoms with van der Waals surface area (Å²) in [6.07, 6.45) is 7.92. The summed E-state index contributed by atoms with van der Waals surface area (Å²) in [5.74, 6) is 1.31. The molecule has 1 atom stereocenters. The maximum atomic E-state index is 12.4. The summed E-state index contributed by atoms with van der Waals surface area (Å²) in [5.41, 5.74) is 0.0156. The molecule has 23 heavy (non-hydrogen) atoms. The molecule has 3 rings (SSSR count). The van der Waals surface area contributed by atoms with Crippen molar-refractivity contribution in [2.24, 2.45) is 5.92 Å². The molecule has 3 aliphatic rings. The number of hydrogen-bond donors (Lipinski definition) is 0. The van der Waals surface area contributed by atoms with Crippen molar-refractivity contribution in [2.45, 2.75) is 56.9 Å². The van der Waals surface area contributed by atoms with Gasteiger partial charge in [-0.1, -0.05) is 0 Å². The third-order valence-electron chi connectivity index (χ3n) is 5.88. The van der Waals surface area contributed by atoms with Crippen molar-refractivity contribution in [3.63, 3.8) is 0 Å². The van der Waals surface area contributed by atoms with E-state index in [1.54, 1.807) is 0 Å². The minimum Gasteiger partial charge on any atom is -0.343 e. The molecule has 0 radical (unpaired) electrons. The van der Waals surface area contributed by atoms with Crippen LogP contribution in [0.3, 0.4) is 0 Å². The first-order chi connectivity index (χ1) is 11.0. The molecule has 0 aromatic heterocycles. The highest BCUT2D eigenvalue weighted by Crippen LogP contribution is 2.39. The van der Waals surface area contributed by atoms with Crippen LogP contribution in [0.5, 0.6) is 0 Å². The number of rotatable bonds is 5. The van der Waals surface area contributed by atoms with Gasteiger partial charge in [-0.25, -0.2) is 0 Å². The Hall–Kier alpha value is -1.10. The van der Waals surface area contributed by atoms with E-state index in [4.69, 9.17) is 0 Å². The van der Waals surface area contributed by atoms with Gasteiger partial charge >= 0.3 is 0 Å². The molecule has 5 heteroatoms. The molecule has 0 bridgehead atoms. The fourth-order valence-electron chi connectivity index (χ4n) is 4.18. The molecule has 1 aliphatic carbocycles. The first-order valence-electron chi connectivity index (χ1n) is 9.23. The monoisotopic (exact) mass is 321 g/mol. The minimum atomic E-state index is 0.0156. The van der Waals surface area contributed by atoms with Crippen molar-refractivity contribution < 1.29 is 9.59 Å². The number of hydrogen-bond acceptors (Lipinski definition) is 3. The summed E-state index contributed by atoms with van der Waals surface area (Å²) < 4.78 is 0. The van der Waals surface area contributed by atoms with Crippen LogP contribution in [0.4, 0.5) is 0 Å². The average Bonchev–Trinajstić information content (AvgIpc) is 3.27. The highest BCUT2D eigenvalue weighted by molar-refractivity contribution is 5.80. The first-order valence-corrected chi connectivity index (χ1v) is 9.23. The lowest BCUT2D eigenvalue weighted by atomic mass is 9.87. The van der Waals surface area contributed by atoms with Crippen LogP contribution in [0.2, 0.25) is 0 Å². The van der Waals surface area contributed by atoms with Gasteiger partial charge < -0.3 is 14.7 Å². The fourth-order valence-corrected chi connectivity index (χ4v) is 4.18. The number of carbonyl (C=O) groups excluding carboxylic acids is 2. The van der Waals surface area contributed by atoms with Crippen LogP contribution in [0, 0.1) is 5.92 Å². The third kappa shape index (κ3) is 3.87. The van der Waals surface area contributed by atoms with Gasteiger partial charge in [-0.05, 0) is 58.5 Å². The molecule has 2 heterocycles. The maximum Gasteiger partial charge on any atom is 0.223 e. The summed E-state index contributed by atoms with van der Waals surface area (Å²) in [7, 11) is 4.11. The lowest BCUT2D eigenvalue weighted by Crippen LogP contribution is -2.49. The largest absolute Gasteiger partial charge is 0.343 e. The van der Waals surface area contributed by atoms with Gasteiger partial charge in [-0.15, -0.1) is 0 Å². The molecular formula is C18H31N3O2. The predicted molar refractivity (Wildman–Crippen MR) is 90.0 cm³/mol. The van der Waals surface area contributed by atoms with Crippen LogP contribution in [0.1, 0.15) is 51.4 Å². The number of carbonyl (C=O) groups is 2. The highest BCUT2D eigenvalue weighted by atomic mass is 16.2. The normalized spacial score (nSPS) is 28.7. The Bertz CT molecular complexity index is 461. The van der Waals surface area contributed by atoms with Gasteiger partial charge in [0, 0.05) is 44.6 Å². The summed E-state index contributed by atoms with van der Waals surface area (Å²) >= 11 is 0. The summed E-state index contributed by atoms with van der Waals surface area (Å²) in [6, 6.07) is 0. The topological polar surface area (TPSA) is 43.9 Å². The van der Waals surface area contributed by atoms with E-state index in [2.05, 4.69) is 28.8 Å². The maximum absolute atomic E-state index is 12.4. The van der Waals surface area contributed by atoms with Gasteiger partial charge in [-0.3, -0.25) is 9.59 Å². The van der Waals surface area contributed by atoms with Gasteiger partial charge in [0.05, 0.1) is 0 Å².